The molecule has 0 unspecified atom stereocenters. The van der Waals surface area contributed by atoms with Crippen LogP contribution in [-0.4, -0.2) is 4.98 Å². The minimum Gasteiger partial charge on any atom is -0.312 e. The predicted molar refractivity (Wildman–Crippen MR) is 42.2 cm³/mol. The quantitative estimate of drug-likeness (QED) is 0.615. The van der Waals surface area contributed by atoms with Gasteiger partial charge in [-0.05, 0) is 12.1 Å². The lowest BCUT2D eigenvalue weighted by atomic mass is 10.3. The number of nitrogens with one attached hydrogen (secondary N) is 1. The van der Waals surface area contributed by atoms with E-state index in [2.05, 4.69) is 11.6 Å². The molecule has 0 bridgehead atoms. The summed E-state index contributed by atoms with van der Waals surface area (Å²) in [7, 11) is 0. The molecule has 0 saturated carbocycles. The summed E-state index contributed by atoms with van der Waals surface area (Å²) in [6, 6.07) is 3.23. The largest absolute Gasteiger partial charge is 0.312 e. The van der Waals surface area contributed by atoms with Crippen LogP contribution in [0.4, 0.5) is 0 Å². The first-order valence-corrected chi connectivity index (χ1v) is 3.13. The fourth-order valence-electron chi connectivity index (χ4n) is 0.622. The van der Waals surface area contributed by atoms with Gasteiger partial charge in [0.15, 0.2) is 0 Å². The van der Waals surface area contributed by atoms with E-state index in [-0.39, 0.29) is 5.56 Å². The highest BCUT2D eigenvalue weighted by Gasteiger charge is 1.92. The Kier molecular flexibility index (Phi) is 1.92. The van der Waals surface area contributed by atoms with Crippen LogP contribution in [0.2, 0.25) is 5.15 Å². The van der Waals surface area contributed by atoms with Crippen LogP contribution in [0, 0.1) is 0 Å². The van der Waals surface area contributed by atoms with Crippen molar-refractivity contribution < 1.29 is 0 Å². The SMILES string of the molecule is C=Cc1ccc(Cl)[nH]c1=O. The highest BCUT2D eigenvalue weighted by Crippen LogP contribution is 2.00. The van der Waals surface area contributed by atoms with Crippen LogP contribution in [0.1, 0.15) is 5.56 Å². The van der Waals surface area contributed by atoms with Gasteiger partial charge in [-0.15, -0.1) is 0 Å². The molecule has 0 saturated heterocycles. The fourth-order valence-corrected chi connectivity index (χ4v) is 0.770. The Hall–Kier alpha value is -1.02. The maximum absolute atomic E-state index is 10.9. The summed E-state index contributed by atoms with van der Waals surface area (Å²) >= 11 is 5.48. The standard InChI is InChI=1S/C7H6ClNO/c1-2-5-3-4-6(8)9-7(5)10/h2-4H,1H2,(H,9,10). The van der Waals surface area contributed by atoms with Gasteiger partial charge in [0.25, 0.3) is 5.56 Å². The zero-order valence-corrected chi connectivity index (χ0v) is 5.98. The van der Waals surface area contributed by atoms with Crippen LogP contribution in [0.5, 0.6) is 0 Å². The van der Waals surface area contributed by atoms with Gasteiger partial charge in [0.05, 0.1) is 0 Å². The summed E-state index contributed by atoms with van der Waals surface area (Å²) in [6.07, 6.45) is 1.48. The molecular weight excluding hydrogens is 150 g/mol. The molecule has 0 aliphatic heterocycles. The number of pyridine rings is 1. The molecule has 0 spiro atoms. The molecule has 1 aromatic heterocycles. The molecular formula is C7H6ClNO. The molecule has 0 radical (unpaired) electrons. The first-order chi connectivity index (χ1) is 4.74. The lowest BCUT2D eigenvalue weighted by molar-refractivity contribution is 1.23. The van der Waals surface area contributed by atoms with Crippen molar-refractivity contribution in [2.75, 3.05) is 0 Å². The number of halogens is 1. The van der Waals surface area contributed by atoms with Crippen LogP contribution in [0.3, 0.4) is 0 Å². The minimum atomic E-state index is -0.206. The molecule has 1 N–H and O–H groups in total. The van der Waals surface area contributed by atoms with E-state index in [0.717, 1.165) is 0 Å². The summed E-state index contributed by atoms with van der Waals surface area (Å²) in [5, 5.41) is 0.343. The molecule has 52 valence electrons. The summed E-state index contributed by atoms with van der Waals surface area (Å²) in [5.74, 6) is 0. The normalized spacial score (nSPS) is 9.30. The topological polar surface area (TPSA) is 32.9 Å². The molecule has 0 atom stereocenters. The number of aromatic nitrogens is 1. The van der Waals surface area contributed by atoms with Crippen LogP contribution in [-0.2, 0) is 0 Å². The number of hydrogen-bond acceptors (Lipinski definition) is 1. The molecule has 0 aromatic carbocycles. The third-order valence-electron chi connectivity index (χ3n) is 1.12. The summed E-state index contributed by atoms with van der Waals surface area (Å²) in [4.78, 5) is 13.3. The third kappa shape index (κ3) is 1.28. The highest BCUT2D eigenvalue weighted by molar-refractivity contribution is 6.29. The lowest BCUT2D eigenvalue weighted by Crippen LogP contribution is -2.07. The monoisotopic (exact) mass is 155 g/mol. The van der Waals surface area contributed by atoms with Gasteiger partial charge in [-0.3, -0.25) is 4.79 Å². The molecule has 0 aliphatic carbocycles. The van der Waals surface area contributed by atoms with E-state index in [4.69, 9.17) is 11.6 Å². The van der Waals surface area contributed by atoms with E-state index in [1.54, 1.807) is 12.1 Å². The Bertz CT molecular complexity index is 303. The van der Waals surface area contributed by atoms with Crippen molar-refractivity contribution >= 4 is 17.7 Å². The Balaban J connectivity index is 3.33. The average Bonchev–Trinajstić information content (AvgIpc) is 1.88. The smallest absolute Gasteiger partial charge is 0.256 e. The Morgan fingerprint density at radius 3 is 2.80 bits per heavy atom. The second-order valence-electron chi connectivity index (χ2n) is 1.79. The van der Waals surface area contributed by atoms with E-state index < -0.39 is 0 Å². The lowest BCUT2D eigenvalue weighted by Gasteiger charge is -1.90. The fraction of sp³-hybridized carbons (Fsp3) is 0. The predicted octanol–water partition coefficient (Wildman–Crippen LogP) is 1.67. The third-order valence-corrected chi connectivity index (χ3v) is 1.34. The maximum Gasteiger partial charge on any atom is 0.256 e. The van der Waals surface area contributed by atoms with Crippen LogP contribution < -0.4 is 5.56 Å². The average molecular weight is 156 g/mol. The van der Waals surface area contributed by atoms with Crippen LogP contribution in [0.15, 0.2) is 23.5 Å². The molecule has 0 aliphatic rings. The second-order valence-corrected chi connectivity index (χ2v) is 2.20. The van der Waals surface area contributed by atoms with Gasteiger partial charge < -0.3 is 4.98 Å². The first-order valence-electron chi connectivity index (χ1n) is 2.75. The molecule has 2 nitrogen and oxygen atoms in total. The minimum absolute atomic E-state index is 0.206. The van der Waals surface area contributed by atoms with E-state index >= 15 is 0 Å². The summed E-state index contributed by atoms with van der Waals surface area (Å²) in [5.41, 5.74) is 0.326. The van der Waals surface area contributed by atoms with Crippen LogP contribution >= 0.6 is 11.6 Å². The van der Waals surface area contributed by atoms with Gasteiger partial charge >= 0.3 is 0 Å². The zero-order chi connectivity index (χ0) is 7.56. The zero-order valence-electron chi connectivity index (χ0n) is 5.23. The van der Waals surface area contributed by atoms with E-state index in [9.17, 15) is 4.79 Å². The van der Waals surface area contributed by atoms with Gasteiger partial charge in [-0.25, -0.2) is 0 Å². The van der Waals surface area contributed by atoms with Crippen molar-refractivity contribution in [1.82, 2.24) is 4.98 Å². The van der Waals surface area contributed by atoms with Gasteiger partial charge in [0, 0.05) is 5.56 Å². The van der Waals surface area contributed by atoms with Crippen molar-refractivity contribution in [3.8, 4) is 0 Å². The molecule has 10 heavy (non-hydrogen) atoms. The first kappa shape index (κ1) is 7.09. The van der Waals surface area contributed by atoms with Crippen LogP contribution in [0.25, 0.3) is 6.08 Å². The Morgan fingerprint density at radius 2 is 2.30 bits per heavy atom. The van der Waals surface area contributed by atoms with Gasteiger partial charge in [0.1, 0.15) is 5.15 Å². The van der Waals surface area contributed by atoms with Gasteiger partial charge in [0.2, 0.25) is 0 Å². The van der Waals surface area contributed by atoms with Crippen molar-refractivity contribution in [3.05, 3.63) is 39.8 Å². The van der Waals surface area contributed by atoms with E-state index in [0.29, 0.717) is 10.7 Å². The van der Waals surface area contributed by atoms with E-state index in [1.165, 1.54) is 6.08 Å². The number of rotatable bonds is 1. The second kappa shape index (κ2) is 2.71. The van der Waals surface area contributed by atoms with E-state index in [1.807, 2.05) is 0 Å². The molecule has 3 heteroatoms. The molecule has 0 fully saturated rings. The molecule has 1 aromatic rings. The number of H-pyrrole nitrogens is 1. The summed E-state index contributed by atoms with van der Waals surface area (Å²) < 4.78 is 0. The number of aromatic amines is 1. The maximum atomic E-state index is 10.9. The summed E-state index contributed by atoms with van der Waals surface area (Å²) in [6.45, 7) is 3.46. The molecule has 1 heterocycles. The number of hydrogen-bond donors (Lipinski definition) is 1. The highest BCUT2D eigenvalue weighted by atomic mass is 35.5. The Labute approximate surface area is 63.2 Å². The van der Waals surface area contributed by atoms with Crippen molar-refractivity contribution in [2.45, 2.75) is 0 Å². The Morgan fingerprint density at radius 1 is 1.60 bits per heavy atom. The van der Waals surface area contributed by atoms with Gasteiger partial charge in [-0.2, -0.15) is 0 Å². The van der Waals surface area contributed by atoms with Crippen molar-refractivity contribution in [2.24, 2.45) is 0 Å². The van der Waals surface area contributed by atoms with Crippen molar-refractivity contribution in [3.63, 3.8) is 0 Å². The van der Waals surface area contributed by atoms with Crippen molar-refractivity contribution in [1.29, 1.82) is 0 Å². The van der Waals surface area contributed by atoms with Gasteiger partial charge in [-0.1, -0.05) is 24.3 Å². The molecule has 0 amide bonds. The molecule has 1 rings (SSSR count).